The minimum Gasteiger partial charge on any atom is -0.497 e. The number of carbonyl (C=O) groups is 2. The molecule has 1 fully saturated rings. The first-order chi connectivity index (χ1) is 19.4. The maximum atomic E-state index is 14.0. The lowest BCUT2D eigenvalue weighted by Crippen LogP contribution is -2.47. The molecule has 1 saturated carbocycles. The van der Waals surface area contributed by atoms with Crippen LogP contribution in [0.25, 0.3) is 11.4 Å². The van der Waals surface area contributed by atoms with Gasteiger partial charge in [0.15, 0.2) is 0 Å². The number of benzene rings is 3. The summed E-state index contributed by atoms with van der Waals surface area (Å²) in [4.78, 5) is 30.4. The Morgan fingerprint density at radius 2 is 1.73 bits per heavy atom. The van der Waals surface area contributed by atoms with Crippen LogP contribution in [0.15, 0.2) is 72.8 Å². The highest BCUT2D eigenvalue weighted by molar-refractivity contribution is 6.30. The third-order valence-electron chi connectivity index (χ3n) is 6.85. The largest absolute Gasteiger partial charge is 0.497 e. The van der Waals surface area contributed by atoms with E-state index in [0.717, 1.165) is 25.7 Å². The molecule has 2 amide bonds. The van der Waals surface area contributed by atoms with Crippen molar-refractivity contribution in [2.45, 2.75) is 44.3 Å². The van der Waals surface area contributed by atoms with Gasteiger partial charge in [-0.05, 0) is 84.3 Å². The number of tetrazole rings is 1. The van der Waals surface area contributed by atoms with Crippen LogP contribution in [0.3, 0.4) is 0 Å². The molecule has 0 bridgehead atoms. The molecule has 1 aromatic heterocycles. The van der Waals surface area contributed by atoms with Crippen molar-refractivity contribution in [3.05, 3.63) is 89.2 Å². The molecule has 1 N–H and O–H groups in total. The number of aromatic nitrogens is 4. The molecule has 0 saturated heterocycles. The van der Waals surface area contributed by atoms with E-state index in [1.165, 1.54) is 34.0 Å². The Balaban J connectivity index is 1.50. The maximum Gasteiger partial charge on any atom is 0.251 e. The molecule has 40 heavy (non-hydrogen) atoms. The Morgan fingerprint density at radius 3 is 2.38 bits per heavy atom. The molecule has 1 unspecified atom stereocenters. The van der Waals surface area contributed by atoms with Gasteiger partial charge in [-0.2, -0.15) is 4.80 Å². The van der Waals surface area contributed by atoms with Gasteiger partial charge in [-0.3, -0.25) is 14.5 Å². The number of ether oxygens (including phenoxy) is 1. The highest BCUT2D eigenvalue weighted by atomic mass is 35.5. The Hall–Kier alpha value is -4.31. The van der Waals surface area contributed by atoms with Gasteiger partial charge in [-0.25, -0.2) is 4.39 Å². The number of anilines is 1. The molecule has 5 rings (SSSR count). The number of rotatable bonds is 9. The van der Waals surface area contributed by atoms with Crippen LogP contribution in [-0.4, -0.2) is 45.2 Å². The number of hydrogen-bond donors (Lipinski definition) is 1. The molecule has 1 atom stereocenters. The zero-order valence-corrected chi connectivity index (χ0v) is 22.6. The molecule has 1 aliphatic rings. The van der Waals surface area contributed by atoms with Gasteiger partial charge in [0, 0.05) is 22.3 Å². The van der Waals surface area contributed by atoms with Gasteiger partial charge >= 0.3 is 0 Å². The van der Waals surface area contributed by atoms with E-state index in [0.29, 0.717) is 33.4 Å². The van der Waals surface area contributed by atoms with Crippen molar-refractivity contribution in [1.82, 2.24) is 25.5 Å². The summed E-state index contributed by atoms with van der Waals surface area (Å²) in [6.45, 7) is -0.291. The van der Waals surface area contributed by atoms with Crippen molar-refractivity contribution in [1.29, 1.82) is 0 Å². The van der Waals surface area contributed by atoms with E-state index in [-0.39, 0.29) is 18.5 Å². The monoisotopic (exact) mass is 562 g/mol. The number of amides is 2. The van der Waals surface area contributed by atoms with E-state index in [1.54, 1.807) is 55.6 Å². The normalized spacial score (nSPS) is 14.1. The number of halogens is 2. The van der Waals surface area contributed by atoms with Gasteiger partial charge in [-0.15, -0.1) is 10.2 Å². The van der Waals surface area contributed by atoms with Crippen molar-refractivity contribution in [3.63, 3.8) is 0 Å². The smallest absolute Gasteiger partial charge is 0.251 e. The standard InChI is InChI=1S/C29H28ClFN6O3/c1-40-25-16-14-24(15-17-25)37(26(38)18-36-34-28(33-35-36)20-6-10-21(30)11-7-20)27(19-8-12-22(31)13-9-19)29(39)32-23-4-2-3-5-23/h6-17,23,27H,2-5,18H2,1H3,(H,32,39). The molecule has 206 valence electrons. The minimum absolute atomic E-state index is 0.0159. The predicted molar refractivity (Wildman–Crippen MR) is 148 cm³/mol. The van der Waals surface area contributed by atoms with E-state index in [9.17, 15) is 14.0 Å². The van der Waals surface area contributed by atoms with Crippen LogP contribution in [0.5, 0.6) is 5.75 Å². The summed E-state index contributed by atoms with van der Waals surface area (Å²) < 4.78 is 19.2. The summed E-state index contributed by atoms with van der Waals surface area (Å²) in [5.41, 5.74) is 1.62. The van der Waals surface area contributed by atoms with Crippen molar-refractivity contribution in [2.24, 2.45) is 0 Å². The Morgan fingerprint density at radius 1 is 1.05 bits per heavy atom. The molecular weight excluding hydrogens is 535 g/mol. The van der Waals surface area contributed by atoms with Crippen LogP contribution in [0.1, 0.15) is 37.3 Å². The van der Waals surface area contributed by atoms with E-state index in [1.807, 2.05) is 0 Å². The van der Waals surface area contributed by atoms with Gasteiger partial charge in [0.05, 0.1) is 7.11 Å². The Labute approximate surface area is 235 Å². The average molecular weight is 563 g/mol. The van der Waals surface area contributed by atoms with Crippen molar-refractivity contribution in [3.8, 4) is 17.1 Å². The molecule has 9 nitrogen and oxygen atoms in total. The number of nitrogens with zero attached hydrogens (tertiary/aromatic N) is 5. The summed E-state index contributed by atoms with van der Waals surface area (Å²) in [5.74, 6) is -0.329. The number of methoxy groups -OCH3 is 1. The van der Waals surface area contributed by atoms with Crippen molar-refractivity contribution >= 4 is 29.1 Å². The molecule has 0 aliphatic heterocycles. The van der Waals surface area contributed by atoms with Crippen LogP contribution in [0, 0.1) is 5.82 Å². The fourth-order valence-corrected chi connectivity index (χ4v) is 4.94. The topological polar surface area (TPSA) is 102 Å². The van der Waals surface area contributed by atoms with E-state index < -0.39 is 17.8 Å². The average Bonchev–Trinajstić information content (AvgIpc) is 3.65. The summed E-state index contributed by atoms with van der Waals surface area (Å²) in [5, 5.41) is 16.2. The number of carbonyl (C=O) groups excluding carboxylic acids is 2. The molecule has 11 heteroatoms. The van der Waals surface area contributed by atoms with Gasteiger partial charge < -0.3 is 10.1 Å². The van der Waals surface area contributed by atoms with Crippen LogP contribution in [-0.2, 0) is 16.1 Å². The fraction of sp³-hybridized carbons (Fsp3) is 0.276. The van der Waals surface area contributed by atoms with Gasteiger partial charge in [0.1, 0.15) is 24.2 Å². The third kappa shape index (κ3) is 6.28. The molecular formula is C29H28ClFN6O3. The zero-order chi connectivity index (χ0) is 28.1. The SMILES string of the molecule is COc1ccc(N(C(=O)Cn2nnc(-c3ccc(Cl)cc3)n2)C(C(=O)NC2CCCC2)c2ccc(F)cc2)cc1. The zero-order valence-electron chi connectivity index (χ0n) is 21.8. The molecule has 4 aromatic rings. The predicted octanol–water partition coefficient (Wildman–Crippen LogP) is 4.97. The Kier molecular flexibility index (Phi) is 8.35. The van der Waals surface area contributed by atoms with Crippen LogP contribution in [0.4, 0.5) is 10.1 Å². The fourth-order valence-electron chi connectivity index (χ4n) is 4.81. The lowest BCUT2D eigenvalue weighted by molar-refractivity contribution is -0.127. The highest BCUT2D eigenvalue weighted by Crippen LogP contribution is 2.31. The summed E-state index contributed by atoms with van der Waals surface area (Å²) >= 11 is 5.98. The summed E-state index contributed by atoms with van der Waals surface area (Å²) in [7, 11) is 1.54. The summed E-state index contributed by atoms with van der Waals surface area (Å²) in [6, 6.07) is 18.3. The van der Waals surface area contributed by atoms with E-state index in [4.69, 9.17) is 16.3 Å². The lowest BCUT2D eigenvalue weighted by Gasteiger charge is -2.32. The Bertz CT molecular complexity index is 1450. The quantitative estimate of drug-likeness (QED) is 0.309. The molecule has 0 spiro atoms. The molecule has 0 radical (unpaired) electrons. The van der Waals surface area contributed by atoms with Crippen molar-refractivity contribution < 1.29 is 18.7 Å². The van der Waals surface area contributed by atoms with Crippen LogP contribution < -0.4 is 15.0 Å². The molecule has 3 aromatic carbocycles. The summed E-state index contributed by atoms with van der Waals surface area (Å²) in [6.07, 6.45) is 3.80. The molecule has 1 heterocycles. The maximum absolute atomic E-state index is 14.0. The highest BCUT2D eigenvalue weighted by Gasteiger charge is 2.35. The van der Waals surface area contributed by atoms with Gasteiger partial charge in [0.2, 0.25) is 11.7 Å². The second-order valence-corrected chi connectivity index (χ2v) is 9.99. The minimum atomic E-state index is -1.07. The third-order valence-corrected chi connectivity index (χ3v) is 7.10. The van der Waals surface area contributed by atoms with Gasteiger partial charge in [0.25, 0.3) is 5.91 Å². The first-order valence-corrected chi connectivity index (χ1v) is 13.3. The first-order valence-electron chi connectivity index (χ1n) is 13.0. The van der Waals surface area contributed by atoms with Crippen molar-refractivity contribution in [2.75, 3.05) is 12.0 Å². The van der Waals surface area contributed by atoms with Crippen LogP contribution >= 0.6 is 11.6 Å². The van der Waals surface area contributed by atoms with E-state index in [2.05, 4.69) is 20.7 Å². The lowest BCUT2D eigenvalue weighted by atomic mass is 10.0. The van der Waals surface area contributed by atoms with E-state index >= 15 is 0 Å². The van der Waals surface area contributed by atoms with Gasteiger partial charge in [-0.1, -0.05) is 36.6 Å². The number of nitrogens with one attached hydrogen (secondary N) is 1. The first kappa shape index (κ1) is 27.3. The molecule has 1 aliphatic carbocycles. The number of hydrogen-bond acceptors (Lipinski definition) is 6. The second-order valence-electron chi connectivity index (χ2n) is 9.56. The van der Waals surface area contributed by atoms with Crippen LogP contribution in [0.2, 0.25) is 5.02 Å². The second kappa shape index (κ2) is 12.3.